The molecule has 6 nitrogen and oxygen atoms in total. The third-order valence-corrected chi connectivity index (χ3v) is 7.25. The summed E-state index contributed by atoms with van der Waals surface area (Å²) < 4.78 is 49.8. The van der Waals surface area contributed by atoms with Crippen LogP contribution in [0.1, 0.15) is 30.1 Å². The van der Waals surface area contributed by atoms with Gasteiger partial charge in [-0.05, 0) is 31.9 Å². The lowest BCUT2D eigenvalue weighted by Crippen LogP contribution is -2.34. The highest BCUT2D eigenvalue weighted by molar-refractivity contribution is 7.92. The molecule has 1 N–H and O–H groups in total. The molecule has 0 amide bonds. The summed E-state index contributed by atoms with van der Waals surface area (Å²) in [5.74, 6) is -0.0314. The molecule has 1 aliphatic heterocycles. The number of sulfonamides is 1. The van der Waals surface area contributed by atoms with Gasteiger partial charge >= 0.3 is 0 Å². The number of ketones is 1. The number of carbonyl (C=O) groups is 1. The standard InChI is InChI=1S/C13H17NO5S2/c1-10(15)11-4-6-12(7-5-11)21(18,19)14-9-13-3-2-8-20(13,16)17/h4-7,13-14H,2-3,8-9H2,1H3. The van der Waals surface area contributed by atoms with Gasteiger partial charge in [-0.3, -0.25) is 4.79 Å². The number of benzene rings is 1. The molecular formula is C13H17NO5S2. The first-order chi connectivity index (χ1) is 9.72. The van der Waals surface area contributed by atoms with Crippen LogP contribution in [-0.2, 0) is 19.9 Å². The minimum absolute atomic E-state index is 0.0166. The van der Waals surface area contributed by atoms with Crippen molar-refractivity contribution in [3.63, 3.8) is 0 Å². The summed E-state index contributed by atoms with van der Waals surface area (Å²) >= 11 is 0. The van der Waals surface area contributed by atoms with Gasteiger partial charge in [-0.1, -0.05) is 12.1 Å². The predicted molar refractivity (Wildman–Crippen MR) is 78.4 cm³/mol. The Morgan fingerprint density at radius 3 is 2.38 bits per heavy atom. The highest BCUT2D eigenvalue weighted by atomic mass is 32.2. The molecule has 1 atom stereocenters. The van der Waals surface area contributed by atoms with Gasteiger partial charge in [-0.2, -0.15) is 0 Å². The van der Waals surface area contributed by atoms with Crippen LogP contribution in [0, 0.1) is 0 Å². The van der Waals surface area contributed by atoms with Crippen LogP contribution in [0.5, 0.6) is 0 Å². The first-order valence-corrected chi connectivity index (χ1v) is 9.74. The summed E-state index contributed by atoms with van der Waals surface area (Å²) in [6.45, 7) is 1.28. The zero-order chi connectivity index (χ0) is 15.7. The molecule has 0 bridgehead atoms. The molecule has 0 aromatic heterocycles. The summed E-state index contributed by atoms with van der Waals surface area (Å²) in [4.78, 5) is 11.2. The lowest BCUT2D eigenvalue weighted by molar-refractivity contribution is 0.101. The Labute approximate surface area is 124 Å². The van der Waals surface area contributed by atoms with Crippen molar-refractivity contribution >= 4 is 25.6 Å². The van der Waals surface area contributed by atoms with Crippen LogP contribution in [-0.4, -0.2) is 40.2 Å². The van der Waals surface area contributed by atoms with E-state index in [1.807, 2.05) is 0 Å². The molecule has 0 radical (unpaired) electrons. The van der Waals surface area contributed by atoms with Crippen molar-refractivity contribution in [3.05, 3.63) is 29.8 Å². The molecule has 0 spiro atoms. The van der Waals surface area contributed by atoms with Crippen LogP contribution in [0.15, 0.2) is 29.2 Å². The van der Waals surface area contributed by atoms with E-state index in [0.717, 1.165) is 0 Å². The normalized spacial score (nSPS) is 21.3. The predicted octanol–water partition coefficient (Wildman–Crippen LogP) is 0.745. The van der Waals surface area contributed by atoms with Crippen LogP contribution >= 0.6 is 0 Å². The van der Waals surface area contributed by atoms with Crippen molar-refractivity contribution in [2.45, 2.75) is 29.9 Å². The molecule has 1 aliphatic rings. The summed E-state index contributed by atoms with van der Waals surface area (Å²) in [6, 6.07) is 5.54. The third kappa shape index (κ3) is 3.69. The van der Waals surface area contributed by atoms with Crippen molar-refractivity contribution < 1.29 is 21.6 Å². The summed E-state index contributed by atoms with van der Waals surface area (Å²) in [6.07, 6.45) is 1.05. The molecule has 0 aliphatic carbocycles. The van der Waals surface area contributed by atoms with Crippen LogP contribution in [0.2, 0.25) is 0 Å². The lowest BCUT2D eigenvalue weighted by Gasteiger charge is -2.11. The Kier molecular flexibility index (Phi) is 4.50. The average Bonchev–Trinajstić information content (AvgIpc) is 2.75. The van der Waals surface area contributed by atoms with Crippen molar-refractivity contribution in [1.29, 1.82) is 0 Å². The molecule has 0 saturated carbocycles. The number of sulfone groups is 1. The number of hydrogen-bond acceptors (Lipinski definition) is 5. The number of nitrogens with one attached hydrogen (secondary N) is 1. The molecule has 116 valence electrons. The Bertz CT molecular complexity index is 735. The van der Waals surface area contributed by atoms with E-state index < -0.39 is 25.1 Å². The first kappa shape index (κ1) is 16.1. The van der Waals surface area contributed by atoms with Gasteiger partial charge in [0.2, 0.25) is 10.0 Å². The highest BCUT2D eigenvalue weighted by Gasteiger charge is 2.32. The maximum Gasteiger partial charge on any atom is 0.240 e. The lowest BCUT2D eigenvalue weighted by atomic mass is 10.2. The van der Waals surface area contributed by atoms with Gasteiger partial charge in [-0.25, -0.2) is 21.6 Å². The number of hydrogen-bond donors (Lipinski definition) is 1. The molecule has 1 fully saturated rings. The summed E-state index contributed by atoms with van der Waals surface area (Å²) in [5, 5.41) is -0.649. The largest absolute Gasteiger partial charge is 0.295 e. The topological polar surface area (TPSA) is 97.4 Å². The fraction of sp³-hybridized carbons (Fsp3) is 0.462. The maximum atomic E-state index is 12.1. The van der Waals surface area contributed by atoms with Crippen LogP contribution in [0.25, 0.3) is 0 Å². The van der Waals surface area contributed by atoms with Gasteiger partial charge in [0.05, 0.1) is 15.9 Å². The van der Waals surface area contributed by atoms with Gasteiger partial charge in [0.25, 0.3) is 0 Å². The van der Waals surface area contributed by atoms with Gasteiger partial charge in [0.1, 0.15) is 0 Å². The fourth-order valence-electron chi connectivity index (χ4n) is 2.24. The molecule has 8 heteroatoms. The second-order valence-electron chi connectivity index (χ2n) is 5.06. The molecule has 1 aromatic rings. The fourth-order valence-corrected chi connectivity index (χ4v) is 5.19. The van der Waals surface area contributed by atoms with Crippen molar-refractivity contribution in [1.82, 2.24) is 4.72 Å². The molecular weight excluding hydrogens is 314 g/mol. The van der Waals surface area contributed by atoms with E-state index in [-0.39, 0.29) is 23.0 Å². The number of rotatable bonds is 5. The van der Waals surface area contributed by atoms with E-state index in [0.29, 0.717) is 18.4 Å². The minimum atomic E-state index is -3.77. The Hall–Kier alpha value is -1.25. The van der Waals surface area contributed by atoms with E-state index in [4.69, 9.17) is 0 Å². The summed E-state index contributed by atoms with van der Waals surface area (Å²) in [5.41, 5.74) is 0.423. The van der Waals surface area contributed by atoms with E-state index in [1.165, 1.54) is 31.2 Å². The molecule has 1 saturated heterocycles. The van der Waals surface area contributed by atoms with E-state index >= 15 is 0 Å². The monoisotopic (exact) mass is 331 g/mol. The molecule has 2 rings (SSSR count). The van der Waals surface area contributed by atoms with Crippen LogP contribution in [0.4, 0.5) is 0 Å². The second kappa shape index (κ2) is 5.86. The van der Waals surface area contributed by atoms with Crippen LogP contribution in [0.3, 0.4) is 0 Å². The SMILES string of the molecule is CC(=O)c1ccc(S(=O)(=O)NCC2CCCS2(=O)=O)cc1. The summed E-state index contributed by atoms with van der Waals surface area (Å²) in [7, 11) is -6.95. The average molecular weight is 331 g/mol. The first-order valence-electron chi connectivity index (χ1n) is 6.54. The number of carbonyl (C=O) groups excluding carboxylic acids is 1. The second-order valence-corrected chi connectivity index (χ2v) is 9.23. The highest BCUT2D eigenvalue weighted by Crippen LogP contribution is 2.20. The zero-order valence-electron chi connectivity index (χ0n) is 11.6. The van der Waals surface area contributed by atoms with Crippen molar-refractivity contribution in [2.24, 2.45) is 0 Å². The van der Waals surface area contributed by atoms with Gasteiger partial charge in [0, 0.05) is 12.1 Å². The van der Waals surface area contributed by atoms with Crippen molar-refractivity contribution in [2.75, 3.05) is 12.3 Å². The van der Waals surface area contributed by atoms with E-state index in [1.54, 1.807) is 0 Å². The van der Waals surface area contributed by atoms with Gasteiger partial charge in [0.15, 0.2) is 15.6 Å². The van der Waals surface area contributed by atoms with Crippen molar-refractivity contribution in [3.8, 4) is 0 Å². The Balaban J connectivity index is 2.10. The molecule has 1 aromatic carbocycles. The minimum Gasteiger partial charge on any atom is -0.295 e. The smallest absolute Gasteiger partial charge is 0.240 e. The Morgan fingerprint density at radius 1 is 1.29 bits per heavy atom. The maximum absolute atomic E-state index is 12.1. The van der Waals surface area contributed by atoms with Gasteiger partial charge < -0.3 is 0 Å². The quantitative estimate of drug-likeness (QED) is 0.803. The zero-order valence-corrected chi connectivity index (χ0v) is 13.2. The van der Waals surface area contributed by atoms with E-state index in [2.05, 4.69) is 4.72 Å². The Morgan fingerprint density at radius 2 is 1.90 bits per heavy atom. The van der Waals surface area contributed by atoms with Gasteiger partial charge in [-0.15, -0.1) is 0 Å². The molecule has 1 unspecified atom stereocenters. The van der Waals surface area contributed by atoms with E-state index in [9.17, 15) is 21.6 Å². The van der Waals surface area contributed by atoms with Crippen LogP contribution < -0.4 is 4.72 Å². The molecule has 21 heavy (non-hydrogen) atoms. The third-order valence-electron chi connectivity index (χ3n) is 3.53. The number of Topliss-reactive ketones (excluding diaryl/α,β-unsaturated/α-hetero) is 1. The molecule has 1 heterocycles.